The largest absolute Gasteiger partial charge is 0.459 e. The fourth-order valence-electron chi connectivity index (χ4n) is 3.61. The number of nitrogens with zero attached hydrogens (tertiary/aromatic N) is 1. The van der Waals surface area contributed by atoms with Crippen molar-refractivity contribution in [3.05, 3.63) is 95.6 Å². The van der Waals surface area contributed by atoms with Crippen LogP contribution >= 0.6 is 0 Å². The molecule has 192 valence electrons. The number of esters is 1. The summed E-state index contributed by atoms with van der Waals surface area (Å²) in [7, 11) is 0. The molecule has 0 atom stereocenters. The van der Waals surface area contributed by atoms with Crippen LogP contribution in [0.25, 0.3) is 0 Å². The average molecular weight is 502 g/mol. The second-order valence-electron chi connectivity index (χ2n) is 9.46. The molecule has 0 spiro atoms. The first-order chi connectivity index (χ1) is 17.5. The molecule has 3 rings (SSSR count). The van der Waals surface area contributed by atoms with Crippen LogP contribution in [0.4, 0.5) is 16.2 Å². The van der Waals surface area contributed by atoms with Crippen LogP contribution in [0.5, 0.6) is 0 Å². The van der Waals surface area contributed by atoms with Gasteiger partial charge in [-0.25, -0.2) is 4.79 Å². The molecule has 2 N–H and O–H groups in total. The zero-order chi connectivity index (χ0) is 27.0. The summed E-state index contributed by atoms with van der Waals surface area (Å²) in [6, 6.07) is 21.8. The molecule has 0 aromatic heterocycles. The lowest BCUT2D eigenvalue weighted by Gasteiger charge is -2.27. The third kappa shape index (κ3) is 8.03. The first-order valence-electron chi connectivity index (χ1n) is 11.9. The van der Waals surface area contributed by atoms with Gasteiger partial charge in [-0.05, 0) is 57.5 Å². The van der Waals surface area contributed by atoms with Crippen LogP contribution in [0.3, 0.4) is 0 Å². The molecule has 0 aliphatic carbocycles. The van der Waals surface area contributed by atoms with Crippen LogP contribution in [-0.4, -0.2) is 42.4 Å². The van der Waals surface area contributed by atoms with Crippen molar-refractivity contribution in [2.75, 3.05) is 23.3 Å². The molecule has 0 unspecified atom stereocenters. The maximum Gasteiger partial charge on any atom is 0.326 e. The van der Waals surface area contributed by atoms with Gasteiger partial charge < -0.3 is 15.4 Å². The minimum Gasteiger partial charge on any atom is -0.459 e. The van der Waals surface area contributed by atoms with Crippen LogP contribution in [0.1, 0.15) is 42.3 Å². The number of rotatable bonds is 8. The van der Waals surface area contributed by atoms with E-state index in [1.54, 1.807) is 93.6 Å². The van der Waals surface area contributed by atoms with Gasteiger partial charge in [0.1, 0.15) is 12.1 Å². The number of carbonyl (C=O) groups is 4. The summed E-state index contributed by atoms with van der Waals surface area (Å²) in [5, 5.41) is 5.20. The third-order valence-electron chi connectivity index (χ3n) is 5.16. The highest BCUT2D eigenvalue weighted by molar-refractivity contribution is 6.15. The van der Waals surface area contributed by atoms with Gasteiger partial charge in [0.25, 0.3) is 0 Å². The van der Waals surface area contributed by atoms with Gasteiger partial charge in [-0.15, -0.1) is 0 Å². The topological polar surface area (TPSA) is 105 Å². The highest BCUT2D eigenvalue weighted by Crippen LogP contribution is 2.24. The highest BCUT2D eigenvalue weighted by Gasteiger charge is 2.27. The molecule has 37 heavy (non-hydrogen) atoms. The average Bonchev–Trinajstić information content (AvgIpc) is 2.85. The number of carbonyl (C=O) groups excluding carboxylic acids is 4. The molecule has 0 aliphatic rings. The number of nitrogens with one attached hydrogen (secondary N) is 2. The Hall–Kier alpha value is -4.46. The van der Waals surface area contributed by atoms with Crippen molar-refractivity contribution in [2.45, 2.75) is 33.3 Å². The van der Waals surface area contributed by atoms with Crippen LogP contribution in [-0.2, 0) is 14.3 Å². The van der Waals surface area contributed by atoms with Crippen molar-refractivity contribution in [3.63, 3.8) is 0 Å². The summed E-state index contributed by atoms with van der Waals surface area (Å²) >= 11 is 0. The number of anilines is 2. The quantitative estimate of drug-likeness (QED) is 0.343. The van der Waals surface area contributed by atoms with Crippen LogP contribution in [0.15, 0.2) is 78.9 Å². The summed E-state index contributed by atoms with van der Waals surface area (Å²) < 4.78 is 5.42. The van der Waals surface area contributed by atoms with E-state index in [4.69, 9.17) is 4.74 Å². The Kier molecular flexibility index (Phi) is 8.79. The van der Waals surface area contributed by atoms with Gasteiger partial charge in [0.15, 0.2) is 5.78 Å². The summed E-state index contributed by atoms with van der Waals surface area (Å²) in [4.78, 5) is 52.9. The summed E-state index contributed by atoms with van der Waals surface area (Å²) in [6.45, 7) is 6.23. The van der Waals surface area contributed by atoms with Crippen molar-refractivity contribution in [1.29, 1.82) is 0 Å². The van der Waals surface area contributed by atoms with Crippen molar-refractivity contribution in [2.24, 2.45) is 0 Å². The molecule has 3 aromatic rings. The van der Waals surface area contributed by atoms with E-state index in [-0.39, 0.29) is 17.0 Å². The number of hydrogen-bond acceptors (Lipinski definition) is 5. The van der Waals surface area contributed by atoms with E-state index in [0.29, 0.717) is 11.3 Å². The van der Waals surface area contributed by atoms with Crippen molar-refractivity contribution < 1.29 is 23.9 Å². The number of para-hydroxylation sites is 1. The minimum atomic E-state index is -0.767. The zero-order valence-corrected chi connectivity index (χ0v) is 21.4. The highest BCUT2D eigenvalue weighted by atomic mass is 16.6. The Bertz CT molecular complexity index is 1280. The summed E-state index contributed by atoms with van der Waals surface area (Å²) in [5.74, 6) is -1.53. The molecule has 0 saturated heterocycles. The van der Waals surface area contributed by atoms with Crippen LogP contribution in [0.2, 0.25) is 0 Å². The first-order valence-corrected chi connectivity index (χ1v) is 11.9. The van der Waals surface area contributed by atoms with E-state index in [0.717, 1.165) is 10.5 Å². The number of hydrogen-bond donors (Lipinski definition) is 2. The monoisotopic (exact) mass is 501 g/mol. The van der Waals surface area contributed by atoms with Gasteiger partial charge >= 0.3 is 12.0 Å². The number of ketones is 1. The minimum absolute atomic E-state index is 0.244. The lowest BCUT2D eigenvalue weighted by atomic mass is 10.0. The van der Waals surface area contributed by atoms with Gasteiger partial charge in [0.05, 0.1) is 12.2 Å². The molecule has 0 radical (unpaired) electrons. The Balaban J connectivity index is 1.84. The third-order valence-corrected chi connectivity index (χ3v) is 5.16. The molecule has 8 heteroatoms. The summed E-state index contributed by atoms with van der Waals surface area (Å²) in [5.41, 5.74) is 1.71. The molecule has 0 aliphatic heterocycles. The first kappa shape index (κ1) is 27.1. The smallest absolute Gasteiger partial charge is 0.326 e. The molecule has 0 bridgehead atoms. The van der Waals surface area contributed by atoms with Crippen molar-refractivity contribution in [3.8, 4) is 0 Å². The zero-order valence-electron chi connectivity index (χ0n) is 21.4. The number of amides is 3. The number of ether oxygens (including phenoxy) is 1. The Morgan fingerprint density at radius 3 is 2.22 bits per heavy atom. The fourth-order valence-corrected chi connectivity index (χ4v) is 3.61. The Morgan fingerprint density at radius 2 is 1.54 bits per heavy atom. The molecule has 0 saturated carbocycles. The van der Waals surface area contributed by atoms with Crippen LogP contribution in [0, 0.1) is 6.92 Å². The fraction of sp³-hybridized carbons (Fsp3) is 0.241. The standard InChI is InChI=1S/C29H31N3O5/c1-20-11-10-14-22(17-20)31-28(36)30-18-25(33)32(19-26(34)37-29(2,3)4)24-16-9-8-15-23(24)27(35)21-12-6-5-7-13-21/h5-17H,18-19H2,1-4H3,(H2,30,31,36). The number of urea groups is 1. The molecule has 0 fully saturated rings. The van der Waals surface area contributed by atoms with E-state index in [9.17, 15) is 19.2 Å². The SMILES string of the molecule is Cc1cccc(NC(=O)NCC(=O)N(CC(=O)OC(C)(C)C)c2ccccc2C(=O)c2ccccc2)c1. The Labute approximate surface area is 216 Å². The second kappa shape index (κ2) is 12.0. The maximum atomic E-state index is 13.3. The van der Waals surface area contributed by atoms with Gasteiger partial charge in [-0.3, -0.25) is 19.3 Å². The lowest BCUT2D eigenvalue weighted by Crippen LogP contribution is -2.45. The number of benzene rings is 3. The summed E-state index contributed by atoms with van der Waals surface area (Å²) in [6.07, 6.45) is 0. The van der Waals surface area contributed by atoms with E-state index in [1.807, 2.05) is 13.0 Å². The number of aryl methyl sites for hydroxylation is 1. The molecule has 0 heterocycles. The van der Waals surface area contributed by atoms with Crippen molar-refractivity contribution >= 4 is 35.1 Å². The molecule has 3 amide bonds. The Morgan fingerprint density at radius 1 is 0.865 bits per heavy atom. The van der Waals surface area contributed by atoms with E-state index in [1.165, 1.54) is 0 Å². The second-order valence-corrected chi connectivity index (χ2v) is 9.46. The maximum absolute atomic E-state index is 13.3. The van der Waals surface area contributed by atoms with Crippen LogP contribution < -0.4 is 15.5 Å². The molecular formula is C29H31N3O5. The van der Waals surface area contributed by atoms with E-state index in [2.05, 4.69) is 10.6 Å². The van der Waals surface area contributed by atoms with Gasteiger partial charge in [-0.2, -0.15) is 0 Å². The predicted molar refractivity (Wildman–Crippen MR) is 143 cm³/mol. The van der Waals surface area contributed by atoms with Crippen molar-refractivity contribution in [1.82, 2.24) is 5.32 Å². The van der Waals surface area contributed by atoms with Gasteiger partial charge in [0, 0.05) is 16.8 Å². The molecular weight excluding hydrogens is 470 g/mol. The predicted octanol–water partition coefficient (Wildman–Crippen LogP) is 4.72. The lowest BCUT2D eigenvalue weighted by molar-refractivity contribution is -0.153. The normalized spacial score (nSPS) is 10.8. The molecule has 3 aromatic carbocycles. The molecule has 8 nitrogen and oxygen atoms in total. The van der Waals surface area contributed by atoms with E-state index >= 15 is 0 Å². The van der Waals surface area contributed by atoms with E-state index < -0.39 is 36.6 Å². The van der Waals surface area contributed by atoms with Gasteiger partial charge in [0.2, 0.25) is 5.91 Å². The van der Waals surface area contributed by atoms with Gasteiger partial charge in [-0.1, -0.05) is 54.6 Å².